The number of nitrogens with one attached hydrogen (secondary N) is 1. The summed E-state index contributed by atoms with van der Waals surface area (Å²) in [5.74, 6) is 0.465. The molecule has 0 saturated carbocycles. The van der Waals surface area contributed by atoms with Gasteiger partial charge in [-0.2, -0.15) is 4.98 Å². The summed E-state index contributed by atoms with van der Waals surface area (Å²) in [6.45, 7) is 2.97. The standard InChI is InChI=1S/C7H13N5/c1-5-3-2-4-11-6(8)10-7(9)12(5)11/h5H,2-4H2,1H3,(H3,8,9,10). The third kappa shape index (κ3) is 0.855. The van der Waals surface area contributed by atoms with Crippen LogP contribution in [0, 0.1) is 5.41 Å². The molecule has 0 fully saturated rings. The molecule has 2 heterocycles. The van der Waals surface area contributed by atoms with Crippen molar-refractivity contribution in [2.24, 2.45) is 0 Å². The van der Waals surface area contributed by atoms with Gasteiger partial charge in [0.15, 0.2) is 0 Å². The molecule has 66 valence electrons. The van der Waals surface area contributed by atoms with Gasteiger partial charge in [-0.3, -0.25) is 5.41 Å². The maximum atomic E-state index is 7.51. The van der Waals surface area contributed by atoms with Crippen LogP contribution in [-0.2, 0) is 6.54 Å². The Labute approximate surface area is 70.3 Å². The first-order chi connectivity index (χ1) is 5.70. The molecule has 1 aromatic rings. The van der Waals surface area contributed by atoms with Crippen molar-refractivity contribution in [2.45, 2.75) is 32.4 Å². The first-order valence-electron chi connectivity index (χ1n) is 4.19. The highest BCUT2D eigenvalue weighted by atomic mass is 15.5. The van der Waals surface area contributed by atoms with E-state index >= 15 is 0 Å². The Morgan fingerprint density at radius 2 is 2.42 bits per heavy atom. The first kappa shape index (κ1) is 7.39. The molecule has 5 nitrogen and oxygen atoms in total. The smallest absolute Gasteiger partial charge is 0.240 e. The van der Waals surface area contributed by atoms with Crippen molar-refractivity contribution in [3.8, 4) is 0 Å². The van der Waals surface area contributed by atoms with Gasteiger partial charge in [0.25, 0.3) is 0 Å². The molecule has 0 spiro atoms. The fourth-order valence-corrected chi connectivity index (χ4v) is 1.78. The molecular weight excluding hydrogens is 154 g/mol. The average molecular weight is 167 g/mol. The molecule has 1 aliphatic rings. The van der Waals surface area contributed by atoms with Gasteiger partial charge in [0.05, 0.1) is 6.04 Å². The lowest BCUT2D eigenvalue weighted by Crippen LogP contribution is -2.30. The topological polar surface area (TPSA) is 72.6 Å². The molecule has 5 heteroatoms. The van der Waals surface area contributed by atoms with Gasteiger partial charge in [0.2, 0.25) is 11.6 Å². The monoisotopic (exact) mass is 167 g/mol. The van der Waals surface area contributed by atoms with Gasteiger partial charge in [-0.25, -0.2) is 9.36 Å². The van der Waals surface area contributed by atoms with Crippen molar-refractivity contribution in [3.05, 3.63) is 5.62 Å². The van der Waals surface area contributed by atoms with Crippen LogP contribution in [-0.4, -0.2) is 14.3 Å². The summed E-state index contributed by atoms with van der Waals surface area (Å²) in [7, 11) is 0. The number of nitrogen functional groups attached to an aromatic ring is 1. The number of aromatic nitrogens is 3. The second-order valence-electron chi connectivity index (χ2n) is 3.25. The van der Waals surface area contributed by atoms with E-state index in [1.807, 2.05) is 9.36 Å². The molecule has 0 saturated heterocycles. The van der Waals surface area contributed by atoms with Crippen LogP contribution in [0.25, 0.3) is 0 Å². The highest BCUT2D eigenvalue weighted by molar-refractivity contribution is 5.14. The van der Waals surface area contributed by atoms with Gasteiger partial charge in [-0.1, -0.05) is 0 Å². The lowest BCUT2D eigenvalue weighted by atomic mass is 10.1. The van der Waals surface area contributed by atoms with E-state index in [2.05, 4.69) is 11.9 Å². The van der Waals surface area contributed by atoms with Gasteiger partial charge < -0.3 is 5.73 Å². The molecule has 0 amide bonds. The summed E-state index contributed by atoms with van der Waals surface area (Å²) in [5.41, 5.74) is 5.94. The Balaban J connectivity index is 2.63. The number of nitrogens with two attached hydrogens (primary N) is 1. The Bertz CT molecular complexity index is 347. The molecule has 1 aromatic heterocycles. The molecule has 1 aliphatic heterocycles. The van der Waals surface area contributed by atoms with Crippen LogP contribution in [0.3, 0.4) is 0 Å². The highest BCUT2D eigenvalue weighted by Crippen LogP contribution is 2.19. The summed E-state index contributed by atoms with van der Waals surface area (Å²) >= 11 is 0. The summed E-state index contributed by atoms with van der Waals surface area (Å²) in [5, 5.41) is 7.51. The van der Waals surface area contributed by atoms with Gasteiger partial charge in [-0.05, 0) is 19.8 Å². The zero-order chi connectivity index (χ0) is 8.72. The molecule has 1 atom stereocenters. The summed E-state index contributed by atoms with van der Waals surface area (Å²) in [6, 6.07) is 0.380. The molecular formula is C7H13N5. The van der Waals surface area contributed by atoms with Crippen LogP contribution in [0.2, 0.25) is 0 Å². The fraction of sp³-hybridized carbons (Fsp3) is 0.714. The van der Waals surface area contributed by atoms with Crippen LogP contribution in [0.5, 0.6) is 0 Å². The van der Waals surface area contributed by atoms with Crippen LogP contribution in [0.1, 0.15) is 25.8 Å². The van der Waals surface area contributed by atoms with E-state index in [1.165, 1.54) is 0 Å². The molecule has 12 heavy (non-hydrogen) atoms. The number of rotatable bonds is 0. The normalized spacial score (nSPS) is 22.2. The lowest BCUT2D eigenvalue weighted by Gasteiger charge is -2.24. The maximum Gasteiger partial charge on any atom is 0.240 e. The minimum Gasteiger partial charge on any atom is -0.368 e. The molecule has 0 radical (unpaired) electrons. The van der Waals surface area contributed by atoms with Crippen molar-refractivity contribution in [2.75, 3.05) is 5.73 Å². The molecule has 3 N–H and O–H groups in total. The van der Waals surface area contributed by atoms with E-state index in [-0.39, 0.29) is 5.62 Å². The summed E-state index contributed by atoms with van der Waals surface area (Å²) < 4.78 is 3.75. The molecule has 0 bridgehead atoms. The zero-order valence-corrected chi connectivity index (χ0v) is 7.12. The fourth-order valence-electron chi connectivity index (χ4n) is 1.78. The van der Waals surface area contributed by atoms with Gasteiger partial charge >= 0.3 is 0 Å². The third-order valence-corrected chi connectivity index (χ3v) is 2.37. The summed E-state index contributed by atoms with van der Waals surface area (Å²) in [4.78, 5) is 3.91. The molecule has 2 rings (SSSR count). The second-order valence-corrected chi connectivity index (χ2v) is 3.25. The van der Waals surface area contributed by atoms with E-state index in [9.17, 15) is 0 Å². The number of hydrogen-bond donors (Lipinski definition) is 2. The van der Waals surface area contributed by atoms with Crippen molar-refractivity contribution in [1.82, 2.24) is 14.3 Å². The Morgan fingerprint density at radius 1 is 1.67 bits per heavy atom. The van der Waals surface area contributed by atoms with Crippen LogP contribution in [0.4, 0.5) is 5.95 Å². The number of anilines is 1. The largest absolute Gasteiger partial charge is 0.368 e. The summed E-state index contributed by atoms with van der Waals surface area (Å²) in [6.07, 6.45) is 2.24. The number of nitrogens with zero attached hydrogens (tertiary/aromatic N) is 3. The number of fused-ring (bicyclic) bond motifs is 1. The second kappa shape index (κ2) is 2.36. The van der Waals surface area contributed by atoms with Crippen molar-refractivity contribution >= 4 is 5.95 Å². The van der Waals surface area contributed by atoms with E-state index in [0.29, 0.717) is 12.0 Å². The Morgan fingerprint density at radius 3 is 3.08 bits per heavy atom. The molecule has 0 aliphatic carbocycles. The lowest BCUT2D eigenvalue weighted by molar-refractivity contribution is 0.296. The molecule has 0 aromatic carbocycles. The van der Waals surface area contributed by atoms with E-state index in [1.54, 1.807) is 0 Å². The van der Waals surface area contributed by atoms with Crippen molar-refractivity contribution in [3.63, 3.8) is 0 Å². The van der Waals surface area contributed by atoms with Crippen molar-refractivity contribution in [1.29, 1.82) is 5.41 Å². The average Bonchev–Trinajstić information content (AvgIpc) is 2.29. The third-order valence-electron chi connectivity index (χ3n) is 2.37. The zero-order valence-electron chi connectivity index (χ0n) is 7.12. The van der Waals surface area contributed by atoms with Gasteiger partial charge in [0, 0.05) is 6.54 Å². The number of hydrogen-bond acceptors (Lipinski definition) is 3. The SMILES string of the molecule is CC1CCCn2c(=N)nc(N)n21. The van der Waals surface area contributed by atoms with E-state index in [4.69, 9.17) is 11.1 Å². The van der Waals surface area contributed by atoms with Gasteiger partial charge in [0.1, 0.15) is 0 Å². The predicted octanol–water partition coefficient (Wildman–Crippen LogP) is 0.101. The minimum atomic E-state index is 0.277. The minimum absolute atomic E-state index is 0.277. The quantitative estimate of drug-likeness (QED) is 0.575. The molecule has 1 unspecified atom stereocenters. The van der Waals surface area contributed by atoms with Crippen molar-refractivity contribution < 1.29 is 0 Å². The Hall–Kier alpha value is -1.26. The van der Waals surface area contributed by atoms with Crippen LogP contribution >= 0.6 is 0 Å². The van der Waals surface area contributed by atoms with Crippen LogP contribution < -0.4 is 11.4 Å². The predicted molar refractivity (Wildman–Crippen MR) is 44.4 cm³/mol. The van der Waals surface area contributed by atoms with Gasteiger partial charge in [-0.15, -0.1) is 0 Å². The van der Waals surface area contributed by atoms with E-state index < -0.39 is 0 Å². The maximum absolute atomic E-state index is 7.51. The van der Waals surface area contributed by atoms with E-state index in [0.717, 1.165) is 19.4 Å². The van der Waals surface area contributed by atoms with Crippen LogP contribution in [0.15, 0.2) is 0 Å². The highest BCUT2D eigenvalue weighted by Gasteiger charge is 2.18. The first-order valence-corrected chi connectivity index (χ1v) is 4.19. The Kier molecular flexibility index (Phi) is 1.46.